The third-order valence-electron chi connectivity index (χ3n) is 2.93. The number of carbonyl (C=O) groups is 2. The maximum atomic E-state index is 12.1. The molecule has 0 aliphatic rings. The highest BCUT2D eigenvalue weighted by molar-refractivity contribution is 5.94. The number of carboxylic acids is 1. The Labute approximate surface area is 127 Å². The maximum absolute atomic E-state index is 12.1. The van der Waals surface area contributed by atoms with Gasteiger partial charge < -0.3 is 19.8 Å². The number of amides is 1. The molecule has 0 bridgehead atoms. The first-order valence-electron chi connectivity index (χ1n) is 6.79. The van der Waals surface area contributed by atoms with E-state index in [4.69, 9.17) is 9.63 Å². The smallest absolute Gasteiger partial charge is 0.305 e. The van der Waals surface area contributed by atoms with Crippen LogP contribution in [-0.2, 0) is 9.59 Å². The fraction of sp³-hybridized carbons (Fsp3) is 0.267. The number of rotatable bonds is 7. The number of carboxylic acid groups (broad SMARTS) is 1. The van der Waals surface area contributed by atoms with E-state index in [2.05, 4.69) is 10.5 Å². The average molecular weight is 303 g/mol. The first-order chi connectivity index (χ1) is 10.5. The number of nitrogens with zero attached hydrogens (tertiary/aromatic N) is 2. The van der Waals surface area contributed by atoms with Crippen molar-refractivity contribution < 1.29 is 19.2 Å². The number of aromatic nitrogens is 1. The molecule has 2 aromatic rings. The fourth-order valence-electron chi connectivity index (χ4n) is 1.90. The molecule has 1 aromatic heterocycles. The molecule has 2 rings (SSSR count). The van der Waals surface area contributed by atoms with Gasteiger partial charge in [-0.3, -0.25) is 9.59 Å². The number of anilines is 2. The van der Waals surface area contributed by atoms with E-state index < -0.39 is 5.97 Å². The van der Waals surface area contributed by atoms with E-state index >= 15 is 0 Å². The van der Waals surface area contributed by atoms with Crippen molar-refractivity contribution in [3.8, 4) is 0 Å². The molecule has 0 fully saturated rings. The molecule has 0 spiro atoms. The van der Waals surface area contributed by atoms with Gasteiger partial charge >= 0.3 is 5.97 Å². The molecule has 0 saturated carbocycles. The van der Waals surface area contributed by atoms with Crippen LogP contribution in [-0.4, -0.2) is 35.2 Å². The molecule has 1 heterocycles. The summed E-state index contributed by atoms with van der Waals surface area (Å²) in [6.45, 7) is 1.90. The number of aryl methyl sites for hydroxylation is 1. The minimum Gasteiger partial charge on any atom is -0.481 e. The van der Waals surface area contributed by atoms with Crippen LogP contribution in [0.4, 0.5) is 11.5 Å². The molecule has 1 aromatic carbocycles. The van der Waals surface area contributed by atoms with Crippen LogP contribution in [0.5, 0.6) is 0 Å². The molecule has 0 aliphatic carbocycles. The second-order valence-corrected chi connectivity index (χ2v) is 4.78. The summed E-state index contributed by atoms with van der Waals surface area (Å²) in [5.41, 5.74) is 0.682. The normalized spacial score (nSPS) is 10.2. The highest BCUT2D eigenvalue weighted by Gasteiger charge is 2.16. The van der Waals surface area contributed by atoms with Crippen molar-refractivity contribution in [3.05, 3.63) is 42.2 Å². The highest BCUT2D eigenvalue weighted by atomic mass is 16.5. The van der Waals surface area contributed by atoms with Gasteiger partial charge in [0.25, 0.3) is 0 Å². The first kappa shape index (κ1) is 15.6. The van der Waals surface area contributed by atoms with Gasteiger partial charge in [0.15, 0.2) is 5.82 Å². The molecule has 116 valence electrons. The van der Waals surface area contributed by atoms with Gasteiger partial charge in [-0.25, -0.2) is 0 Å². The quantitative estimate of drug-likeness (QED) is 0.811. The number of benzene rings is 1. The summed E-state index contributed by atoms with van der Waals surface area (Å²) >= 11 is 0. The molecular weight excluding hydrogens is 286 g/mol. The Morgan fingerprint density at radius 2 is 2.05 bits per heavy atom. The Morgan fingerprint density at radius 3 is 2.64 bits per heavy atom. The molecule has 0 unspecified atom stereocenters. The Kier molecular flexibility index (Phi) is 5.13. The molecule has 0 radical (unpaired) electrons. The predicted molar refractivity (Wildman–Crippen MR) is 80.8 cm³/mol. The predicted octanol–water partition coefficient (Wildman–Crippen LogP) is 1.90. The van der Waals surface area contributed by atoms with Gasteiger partial charge in [0.2, 0.25) is 5.91 Å². The van der Waals surface area contributed by atoms with Crippen molar-refractivity contribution in [1.82, 2.24) is 5.16 Å². The van der Waals surface area contributed by atoms with Crippen LogP contribution in [0.3, 0.4) is 0 Å². The van der Waals surface area contributed by atoms with Crippen LogP contribution in [0.1, 0.15) is 12.2 Å². The summed E-state index contributed by atoms with van der Waals surface area (Å²) in [7, 11) is 0. The number of carbonyl (C=O) groups excluding carboxylic acids is 1. The Morgan fingerprint density at radius 1 is 1.32 bits per heavy atom. The van der Waals surface area contributed by atoms with E-state index in [0.717, 1.165) is 0 Å². The molecular formula is C15H17N3O4. The summed E-state index contributed by atoms with van der Waals surface area (Å²) in [4.78, 5) is 24.4. The van der Waals surface area contributed by atoms with E-state index in [1.807, 2.05) is 18.2 Å². The topological polar surface area (TPSA) is 95.7 Å². The number of aliphatic carboxylic acids is 1. The van der Waals surface area contributed by atoms with Crippen LogP contribution in [0.15, 0.2) is 40.9 Å². The molecule has 0 saturated heterocycles. The second kappa shape index (κ2) is 7.26. The van der Waals surface area contributed by atoms with Crippen LogP contribution in [0.25, 0.3) is 0 Å². The van der Waals surface area contributed by atoms with E-state index in [1.54, 1.807) is 30.0 Å². The van der Waals surface area contributed by atoms with Crippen molar-refractivity contribution in [3.63, 3.8) is 0 Å². The van der Waals surface area contributed by atoms with Gasteiger partial charge in [-0.2, -0.15) is 0 Å². The van der Waals surface area contributed by atoms with Crippen LogP contribution >= 0.6 is 0 Å². The van der Waals surface area contributed by atoms with Crippen molar-refractivity contribution in [2.24, 2.45) is 0 Å². The van der Waals surface area contributed by atoms with Gasteiger partial charge in [0.05, 0.1) is 13.0 Å². The lowest BCUT2D eigenvalue weighted by Gasteiger charge is -2.20. The maximum Gasteiger partial charge on any atom is 0.305 e. The minimum atomic E-state index is -0.936. The third kappa shape index (κ3) is 4.62. The number of hydrogen-bond acceptors (Lipinski definition) is 5. The molecule has 1 amide bonds. The summed E-state index contributed by atoms with van der Waals surface area (Å²) in [6.07, 6.45) is -0.0927. The highest BCUT2D eigenvalue weighted by Crippen LogP contribution is 2.14. The standard InChI is InChI=1S/C15H17N3O4/c1-11-9-13(17-22-11)18(8-7-15(20)21)10-14(19)16-12-5-3-2-4-6-12/h2-6,9H,7-8,10H2,1H3,(H,16,19)(H,20,21). The summed E-state index contributed by atoms with van der Waals surface area (Å²) in [5.74, 6) is -0.147. The van der Waals surface area contributed by atoms with E-state index in [0.29, 0.717) is 17.3 Å². The largest absolute Gasteiger partial charge is 0.481 e. The lowest BCUT2D eigenvalue weighted by atomic mass is 10.3. The zero-order valence-electron chi connectivity index (χ0n) is 12.2. The van der Waals surface area contributed by atoms with E-state index in [1.165, 1.54) is 0 Å². The van der Waals surface area contributed by atoms with Gasteiger partial charge in [0.1, 0.15) is 5.76 Å². The van der Waals surface area contributed by atoms with Gasteiger partial charge in [-0.05, 0) is 19.1 Å². The molecule has 0 atom stereocenters. The minimum absolute atomic E-state index is 0.00581. The zero-order chi connectivity index (χ0) is 15.9. The Balaban J connectivity index is 2.02. The number of para-hydroxylation sites is 1. The van der Waals surface area contributed by atoms with Crippen molar-refractivity contribution >= 4 is 23.4 Å². The third-order valence-corrected chi connectivity index (χ3v) is 2.93. The fourth-order valence-corrected chi connectivity index (χ4v) is 1.90. The van der Waals surface area contributed by atoms with Crippen molar-refractivity contribution in [2.45, 2.75) is 13.3 Å². The molecule has 0 aliphatic heterocycles. The van der Waals surface area contributed by atoms with Crippen LogP contribution in [0.2, 0.25) is 0 Å². The molecule has 7 heteroatoms. The number of nitrogens with one attached hydrogen (secondary N) is 1. The monoisotopic (exact) mass is 303 g/mol. The molecule has 22 heavy (non-hydrogen) atoms. The van der Waals surface area contributed by atoms with Crippen molar-refractivity contribution in [2.75, 3.05) is 23.3 Å². The summed E-state index contributed by atoms with van der Waals surface area (Å²) in [6, 6.07) is 10.7. The Hall–Kier alpha value is -2.83. The Bertz CT molecular complexity index is 639. The van der Waals surface area contributed by atoms with E-state index in [9.17, 15) is 9.59 Å². The van der Waals surface area contributed by atoms with Crippen molar-refractivity contribution in [1.29, 1.82) is 0 Å². The van der Waals surface area contributed by atoms with Gasteiger partial charge in [-0.1, -0.05) is 23.4 Å². The lowest BCUT2D eigenvalue weighted by Crippen LogP contribution is -2.35. The summed E-state index contributed by atoms with van der Waals surface area (Å²) in [5, 5.41) is 15.4. The molecule has 7 nitrogen and oxygen atoms in total. The lowest BCUT2D eigenvalue weighted by molar-refractivity contribution is -0.136. The van der Waals surface area contributed by atoms with Crippen LogP contribution < -0.4 is 10.2 Å². The SMILES string of the molecule is Cc1cc(N(CCC(=O)O)CC(=O)Nc2ccccc2)no1. The zero-order valence-corrected chi connectivity index (χ0v) is 12.2. The van der Waals surface area contributed by atoms with E-state index in [-0.39, 0.29) is 25.4 Å². The number of hydrogen-bond donors (Lipinski definition) is 2. The molecule has 2 N–H and O–H groups in total. The summed E-state index contributed by atoms with van der Waals surface area (Å²) < 4.78 is 4.98. The average Bonchev–Trinajstić information content (AvgIpc) is 2.91. The second-order valence-electron chi connectivity index (χ2n) is 4.78. The first-order valence-corrected chi connectivity index (χ1v) is 6.79. The van der Waals surface area contributed by atoms with Gasteiger partial charge in [0, 0.05) is 18.3 Å². The van der Waals surface area contributed by atoms with Gasteiger partial charge in [-0.15, -0.1) is 0 Å². The van der Waals surface area contributed by atoms with Crippen LogP contribution in [0, 0.1) is 6.92 Å².